The number of carboxylic acids is 1. The molecule has 0 heterocycles. The molecule has 0 aromatic heterocycles. The van der Waals surface area contributed by atoms with Gasteiger partial charge in [0.2, 0.25) is 0 Å². The zero-order valence-corrected chi connectivity index (χ0v) is 8.46. The van der Waals surface area contributed by atoms with Crippen LogP contribution < -0.4 is 0 Å². The maximum absolute atomic E-state index is 9.00. The molecule has 0 rings (SSSR count). The minimum absolute atomic E-state index is 0.250. The minimum atomic E-state index is -0.833. The van der Waals surface area contributed by atoms with Crippen molar-refractivity contribution in [2.75, 3.05) is 6.61 Å². The summed E-state index contributed by atoms with van der Waals surface area (Å²) >= 11 is 0. The standard InChI is InChI=1S/C4H10O.C2H4O2.C2H6O/c1-4(2,3)5;1-2(3)4;1-2-3/h5H,1-3H3;1H3,(H,3,4);3H,2H2,1H3. The lowest BCUT2D eigenvalue weighted by Crippen LogP contribution is -2.10. The lowest BCUT2D eigenvalue weighted by molar-refractivity contribution is -0.134. The van der Waals surface area contributed by atoms with Crippen molar-refractivity contribution in [2.45, 2.75) is 40.2 Å². The summed E-state index contributed by atoms with van der Waals surface area (Å²) in [6.45, 7) is 8.24. The highest BCUT2D eigenvalue weighted by Gasteiger charge is 1.97. The van der Waals surface area contributed by atoms with E-state index in [1.54, 1.807) is 27.7 Å². The molecular weight excluding hydrogens is 160 g/mol. The molecule has 4 nitrogen and oxygen atoms in total. The smallest absolute Gasteiger partial charge is 0.300 e. The van der Waals surface area contributed by atoms with Crippen molar-refractivity contribution in [1.82, 2.24) is 0 Å². The highest BCUT2D eigenvalue weighted by molar-refractivity contribution is 5.62. The first-order chi connectivity index (χ1) is 5.15. The van der Waals surface area contributed by atoms with Crippen LogP contribution in [0.5, 0.6) is 0 Å². The van der Waals surface area contributed by atoms with Crippen LogP contribution in [0.25, 0.3) is 0 Å². The lowest BCUT2D eigenvalue weighted by atomic mass is 10.2. The zero-order chi connectivity index (χ0) is 10.8. The number of carboxylic acid groups (broad SMARTS) is 1. The van der Waals surface area contributed by atoms with E-state index in [0.29, 0.717) is 0 Å². The number of rotatable bonds is 0. The molecule has 3 N–H and O–H groups in total. The number of aliphatic hydroxyl groups is 2. The van der Waals surface area contributed by atoms with Gasteiger partial charge in [-0.3, -0.25) is 4.79 Å². The zero-order valence-electron chi connectivity index (χ0n) is 8.46. The molecule has 12 heavy (non-hydrogen) atoms. The monoisotopic (exact) mass is 180 g/mol. The molecule has 0 radical (unpaired) electrons. The van der Waals surface area contributed by atoms with Gasteiger partial charge in [0.1, 0.15) is 0 Å². The second kappa shape index (κ2) is 10.4. The van der Waals surface area contributed by atoms with E-state index in [0.717, 1.165) is 6.92 Å². The van der Waals surface area contributed by atoms with Gasteiger partial charge in [0.15, 0.2) is 0 Å². The van der Waals surface area contributed by atoms with Gasteiger partial charge in [-0.1, -0.05) is 0 Å². The van der Waals surface area contributed by atoms with Gasteiger partial charge in [-0.05, 0) is 27.7 Å². The highest BCUT2D eigenvalue weighted by Crippen LogP contribution is 1.93. The van der Waals surface area contributed by atoms with Gasteiger partial charge in [0.25, 0.3) is 5.97 Å². The van der Waals surface area contributed by atoms with Crippen LogP contribution in [-0.2, 0) is 4.79 Å². The fourth-order valence-corrected chi connectivity index (χ4v) is 0. The lowest BCUT2D eigenvalue weighted by Gasteiger charge is -2.04. The Bertz CT molecular complexity index is 83.7. The normalized spacial score (nSPS) is 8.58. The van der Waals surface area contributed by atoms with Crippen molar-refractivity contribution in [2.24, 2.45) is 0 Å². The predicted molar refractivity (Wildman–Crippen MR) is 48.0 cm³/mol. The van der Waals surface area contributed by atoms with E-state index in [-0.39, 0.29) is 6.61 Å². The van der Waals surface area contributed by atoms with Crippen LogP contribution in [-0.4, -0.2) is 33.5 Å². The molecule has 0 aromatic carbocycles. The van der Waals surface area contributed by atoms with E-state index >= 15 is 0 Å². The Morgan fingerprint density at radius 1 is 1.33 bits per heavy atom. The fourth-order valence-electron chi connectivity index (χ4n) is 0. The molecule has 0 aromatic rings. The first kappa shape index (κ1) is 17.5. The second-order valence-electron chi connectivity index (χ2n) is 3.01. The van der Waals surface area contributed by atoms with Gasteiger partial charge in [-0.15, -0.1) is 0 Å². The van der Waals surface area contributed by atoms with Crippen LogP contribution in [0.1, 0.15) is 34.6 Å². The van der Waals surface area contributed by atoms with E-state index in [4.69, 9.17) is 20.1 Å². The SMILES string of the molecule is CC(=O)O.CC(C)(C)O.CCO. The Kier molecular flexibility index (Phi) is 15.1. The maximum atomic E-state index is 9.00. The molecule has 0 spiro atoms. The minimum Gasteiger partial charge on any atom is -0.481 e. The third-order valence-electron chi connectivity index (χ3n) is 0. The third-order valence-corrected chi connectivity index (χ3v) is 0. The molecule has 4 heteroatoms. The van der Waals surface area contributed by atoms with Crippen molar-refractivity contribution < 1.29 is 20.1 Å². The van der Waals surface area contributed by atoms with Gasteiger partial charge in [0, 0.05) is 13.5 Å². The highest BCUT2D eigenvalue weighted by atomic mass is 16.4. The van der Waals surface area contributed by atoms with Gasteiger partial charge >= 0.3 is 0 Å². The van der Waals surface area contributed by atoms with Crippen LogP contribution >= 0.6 is 0 Å². The Labute approximate surface area is 73.8 Å². The first-order valence-electron chi connectivity index (χ1n) is 3.67. The Hall–Kier alpha value is -0.610. The summed E-state index contributed by atoms with van der Waals surface area (Å²) in [5.74, 6) is -0.833. The van der Waals surface area contributed by atoms with Crippen LogP contribution in [0.3, 0.4) is 0 Å². The van der Waals surface area contributed by atoms with Crippen molar-refractivity contribution in [1.29, 1.82) is 0 Å². The van der Waals surface area contributed by atoms with Crippen LogP contribution in [0.4, 0.5) is 0 Å². The Morgan fingerprint density at radius 3 is 1.33 bits per heavy atom. The van der Waals surface area contributed by atoms with E-state index in [9.17, 15) is 0 Å². The molecule has 0 saturated heterocycles. The molecule has 76 valence electrons. The second-order valence-corrected chi connectivity index (χ2v) is 3.01. The van der Waals surface area contributed by atoms with Crippen LogP contribution in [0.15, 0.2) is 0 Å². The molecule has 0 saturated carbocycles. The van der Waals surface area contributed by atoms with Crippen molar-refractivity contribution in [3.05, 3.63) is 0 Å². The quantitative estimate of drug-likeness (QED) is 0.517. The summed E-state index contributed by atoms with van der Waals surface area (Å²) in [7, 11) is 0. The van der Waals surface area contributed by atoms with Crippen molar-refractivity contribution in [3.63, 3.8) is 0 Å². The molecule has 0 aliphatic rings. The third kappa shape index (κ3) is 1780. The summed E-state index contributed by atoms with van der Waals surface area (Å²) in [5.41, 5.74) is -0.500. The van der Waals surface area contributed by atoms with E-state index in [1.807, 2.05) is 0 Å². The van der Waals surface area contributed by atoms with E-state index in [2.05, 4.69) is 0 Å². The van der Waals surface area contributed by atoms with Gasteiger partial charge in [-0.2, -0.15) is 0 Å². The number of hydrogen-bond donors (Lipinski definition) is 3. The van der Waals surface area contributed by atoms with Crippen molar-refractivity contribution in [3.8, 4) is 0 Å². The topological polar surface area (TPSA) is 77.8 Å². The predicted octanol–water partition coefficient (Wildman–Crippen LogP) is 0.867. The fraction of sp³-hybridized carbons (Fsp3) is 0.875. The molecule has 0 aliphatic carbocycles. The number of hydrogen-bond acceptors (Lipinski definition) is 3. The summed E-state index contributed by atoms with van der Waals surface area (Å²) in [4.78, 5) is 9.00. The summed E-state index contributed by atoms with van der Waals surface area (Å²) < 4.78 is 0. The summed E-state index contributed by atoms with van der Waals surface area (Å²) in [6, 6.07) is 0. The van der Waals surface area contributed by atoms with Gasteiger partial charge < -0.3 is 15.3 Å². The van der Waals surface area contributed by atoms with Crippen molar-refractivity contribution >= 4 is 5.97 Å². The maximum Gasteiger partial charge on any atom is 0.300 e. The Morgan fingerprint density at radius 2 is 1.33 bits per heavy atom. The van der Waals surface area contributed by atoms with E-state index < -0.39 is 11.6 Å². The van der Waals surface area contributed by atoms with Gasteiger partial charge in [-0.25, -0.2) is 0 Å². The average molecular weight is 180 g/mol. The molecule has 0 bridgehead atoms. The number of carbonyl (C=O) groups is 1. The average Bonchev–Trinajstić information content (AvgIpc) is 1.56. The molecule has 0 fully saturated rings. The Balaban J connectivity index is -0.000000105. The van der Waals surface area contributed by atoms with Crippen LogP contribution in [0.2, 0.25) is 0 Å². The number of aliphatic hydroxyl groups excluding tert-OH is 1. The summed E-state index contributed by atoms with van der Waals surface area (Å²) in [5, 5.41) is 23.5. The molecule has 0 atom stereocenters. The molecule has 0 amide bonds. The molecule has 0 unspecified atom stereocenters. The largest absolute Gasteiger partial charge is 0.481 e. The first-order valence-corrected chi connectivity index (χ1v) is 3.67. The molecule has 0 aliphatic heterocycles. The molecular formula is C8H20O4. The van der Waals surface area contributed by atoms with Gasteiger partial charge in [0.05, 0.1) is 5.60 Å². The van der Waals surface area contributed by atoms with Crippen LogP contribution in [0, 0.1) is 0 Å². The number of aliphatic carboxylic acids is 1. The summed E-state index contributed by atoms with van der Waals surface area (Å²) in [6.07, 6.45) is 0. The van der Waals surface area contributed by atoms with E-state index in [1.165, 1.54) is 0 Å².